The van der Waals surface area contributed by atoms with Crippen LogP contribution in [-0.4, -0.2) is 28.8 Å². The molecule has 1 aromatic heterocycles. The van der Waals surface area contributed by atoms with E-state index < -0.39 is 0 Å². The summed E-state index contributed by atoms with van der Waals surface area (Å²) in [4.78, 5) is 8.22. The Balaban J connectivity index is 2.51. The molecule has 6 heteroatoms. The van der Waals surface area contributed by atoms with Crippen molar-refractivity contribution in [3.63, 3.8) is 0 Å². The molecule has 2 heterocycles. The lowest BCUT2D eigenvalue weighted by Crippen LogP contribution is -2.30. The van der Waals surface area contributed by atoms with Gasteiger partial charge in [0.05, 0.1) is 18.3 Å². The molecule has 12 heavy (non-hydrogen) atoms. The maximum atomic E-state index is 5.27. The van der Waals surface area contributed by atoms with E-state index in [1.807, 2.05) is 0 Å². The van der Waals surface area contributed by atoms with E-state index in [0.717, 1.165) is 5.56 Å². The average Bonchev–Trinajstić information content (AvgIpc) is 2.46. The molecule has 0 amide bonds. The number of hydrazine groups is 1. The van der Waals surface area contributed by atoms with Gasteiger partial charge in [0.1, 0.15) is 5.84 Å². The van der Waals surface area contributed by atoms with Crippen molar-refractivity contribution in [2.45, 2.75) is 0 Å². The smallest absolute Gasteiger partial charge is 0.158 e. The summed E-state index contributed by atoms with van der Waals surface area (Å²) >= 11 is 0. The summed E-state index contributed by atoms with van der Waals surface area (Å²) in [6.07, 6.45) is 3.33. The second-order valence-corrected chi connectivity index (χ2v) is 2.28. The Kier molecular flexibility index (Phi) is 1.60. The minimum absolute atomic E-state index is 0.530. The first kappa shape index (κ1) is 6.99. The molecule has 2 rings (SSSR count). The molecular formula is C6H8N6. The minimum Gasteiger partial charge on any atom is -0.308 e. The van der Waals surface area contributed by atoms with Gasteiger partial charge in [0, 0.05) is 6.21 Å². The third-order valence-electron chi connectivity index (χ3n) is 1.56. The normalized spacial score (nSPS) is 14.9. The van der Waals surface area contributed by atoms with Crippen molar-refractivity contribution in [2.75, 3.05) is 6.54 Å². The van der Waals surface area contributed by atoms with Crippen LogP contribution in [0.5, 0.6) is 0 Å². The summed E-state index contributed by atoms with van der Waals surface area (Å²) in [6.45, 7) is 0.530. The highest BCUT2D eigenvalue weighted by molar-refractivity contribution is 6.03. The number of rotatable bonds is 0. The fourth-order valence-corrected chi connectivity index (χ4v) is 1.02. The Morgan fingerprint density at radius 1 is 1.58 bits per heavy atom. The van der Waals surface area contributed by atoms with Gasteiger partial charge < -0.3 is 5.43 Å². The number of hydrogen-bond acceptors (Lipinski definition) is 5. The van der Waals surface area contributed by atoms with Gasteiger partial charge in [0.15, 0.2) is 5.82 Å². The van der Waals surface area contributed by atoms with Crippen molar-refractivity contribution < 1.29 is 0 Å². The molecule has 6 nitrogen and oxygen atoms in total. The number of nitrogens with one attached hydrogen (secondary N) is 2. The fourth-order valence-electron chi connectivity index (χ4n) is 1.02. The van der Waals surface area contributed by atoms with E-state index >= 15 is 0 Å². The van der Waals surface area contributed by atoms with Crippen LogP contribution in [0.4, 0.5) is 5.82 Å². The quantitative estimate of drug-likeness (QED) is 0.351. The standard InChI is InChI=1S/C6H8N6/c7-11-5-4-3-10-12-6(4)9-2-1-8-5/h2-3H,1,7H2,(H,8,11)(H,10,12). The van der Waals surface area contributed by atoms with Gasteiger partial charge in [-0.3, -0.25) is 10.1 Å². The molecule has 0 spiro atoms. The SMILES string of the molecule is NNC1=NCC=Nc2[nH]ncc21. The fraction of sp³-hybridized carbons (Fsp3) is 0.167. The van der Waals surface area contributed by atoms with Crippen molar-refractivity contribution in [1.82, 2.24) is 15.6 Å². The van der Waals surface area contributed by atoms with Crippen molar-refractivity contribution in [3.05, 3.63) is 11.8 Å². The molecule has 0 saturated carbocycles. The number of fused-ring (bicyclic) bond motifs is 1. The zero-order valence-electron chi connectivity index (χ0n) is 6.28. The molecule has 1 aromatic rings. The van der Waals surface area contributed by atoms with Crippen LogP contribution in [0.2, 0.25) is 0 Å². The first-order valence-electron chi connectivity index (χ1n) is 3.49. The van der Waals surface area contributed by atoms with Gasteiger partial charge in [-0.05, 0) is 0 Å². The second kappa shape index (κ2) is 2.74. The number of hydrogen-bond donors (Lipinski definition) is 3. The first-order chi connectivity index (χ1) is 5.92. The maximum Gasteiger partial charge on any atom is 0.158 e. The highest BCUT2D eigenvalue weighted by Crippen LogP contribution is 2.15. The predicted molar refractivity (Wildman–Crippen MR) is 45.5 cm³/mol. The molecule has 0 atom stereocenters. The van der Waals surface area contributed by atoms with Crippen LogP contribution in [0, 0.1) is 0 Å². The van der Waals surface area contributed by atoms with E-state index in [1.165, 1.54) is 0 Å². The van der Waals surface area contributed by atoms with E-state index in [2.05, 4.69) is 25.6 Å². The van der Waals surface area contributed by atoms with Gasteiger partial charge in [-0.1, -0.05) is 0 Å². The second-order valence-electron chi connectivity index (χ2n) is 2.28. The third-order valence-corrected chi connectivity index (χ3v) is 1.56. The molecule has 0 aliphatic carbocycles. The van der Waals surface area contributed by atoms with Gasteiger partial charge in [0.25, 0.3) is 0 Å². The van der Waals surface area contributed by atoms with Crippen LogP contribution in [0.25, 0.3) is 0 Å². The summed E-state index contributed by atoms with van der Waals surface area (Å²) in [5.74, 6) is 6.56. The zero-order valence-corrected chi connectivity index (χ0v) is 6.28. The lowest BCUT2D eigenvalue weighted by Gasteiger charge is -1.99. The molecule has 0 radical (unpaired) electrons. The summed E-state index contributed by atoms with van der Waals surface area (Å²) in [6, 6.07) is 0. The molecule has 1 aliphatic heterocycles. The van der Waals surface area contributed by atoms with E-state index in [9.17, 15) is 0 Å². The highest BCUT2D eigenvalue weighted by atomic mass is 15.3. The molecule has 0 saturated heterocycles. The van der Waals surface area contributed by atoms with E-state index in [4.69, 9.17) is 5.84 Å². The van der Waals surface area contributed by atoms with Crippen molar-refractivity contribution in [2.24, 2.45) is 15.8 Å². The Morgan fingerprint density at radius 3 is 3.33 bits per heavy atom. The largest absolute Gasteiger partial charge is 0.308 e. The third kappa shape index (κ3) is 0.978. The molecule has 62 valence electrons. The lowest BCUT2D eigenvalue weighted by atomic mass is 10.3. The van der Waals surface area contributed by atoms with E-state index in [0.29, 0.717) is 18.2 Å². The Hall–Kier alpha value is -1.69. The van der Waals surface area contributed by atoms with Crippen LogP contribution in [0.1, 0.15) is 5.56 Å². The predicted octanol–water partition coefficient (Wildman–Crippen LogP) is -0.664. The number of amidine groups is 1. The summed E-state index contributed by atoms with van der Waals surface area (Å²) < 4.78 is 0. The molecular weight excluding hydrogens is 156 g/mol. The van der Waals surface area contributed by atoms with Crippen LogP contribution < -0.4 is 11.3 Å². The van der Waals surface area contributed by atoms with Gasteiger partial charge in [-0.15, -0.1) is 0 Å². The van der Waals surface area contributed by atoms with Crippen LogP contribution in [-0.2, 0) is 0 Å². The first-order valence-corrected chi connectivity index (χ1v) is 3.49. The van der Waals surface area contributed by atoms with Crippen LogP contribution in [0.15, 0.2) is 16.2 Å². The Bertz CT molecular complexity index is 336. The van der Waals surface area contributed by atoms with Gasteiger partial charge >= 0.3 is 0 Å². The van der Waals surface area contributed by atoms with Crippen LogP contribution >= 0.6 is 0 Å². The van der Waals surface area contributed by atoms with Crippen LogP contribution in [0.3, 0.4) is 0 Å². The topological polar surface area (TPSA) is 91.5 Å². The monoisotopic (exact) mass is 164 g/mol. The number of H-pyrrole nitrogens is 1. The van der Waals surface area contributed by atoms with Crippen molar-refractivity contribution in [1.29, 1.82) is 0 Å². The van der Waals surface area contributed by atoms with Gasteiger partial charge in [0.2, 0.25) is 0 Å². The van der Waals surface area contributed by atoms with Crippen molar-refractivity contribution >= 4 is 17.9 Å². The average molecular weight is 164 g/mol. The minimum atomic E-state index is 0.530. The zero-order chi connectivity index (χ0) is 8.39. The van der Waals surface area contributed by atoms with E-state index in [1.54, 1.807) is 12.4 Å². The summed E-state index contributed by atoms with van der Waals surface area (Å²) in [5.41, 5.74) is 3.29. The highest BCUT2D eigenvalue weighted by Gasteiger charge is 2.10. The molecule has 0 bridgehead atoms. The number of aromatic amines is 1. The van der Waals surface area contributed by atoms with Gasteiger partial charge in [-0.2, -0.15) is 5.10 Å². The van der Waals surface area contributed by atoms with Crippen molar-refractivity contribution in [3.8, 4) is 0 Å². The number of aliphatic imine (C=N–C) groups is 2. The Labute approximate surface area is 68.6 Å². The summed E-state index contributed by atoms with van der Waals surface area (Å²) in [7, 11) is 0. The Morgan fingerprint density at radius 2 is 2.50 bits per heavy atom. The van der Waals surface area contributed by atoms with E-state index in [-0.39, 0.29) is 0 Å². The molecule has 0 aromatic carbocycles. The molecule has 0 fully saturated rings. The number of aromatic nitrogens is 2. The molecule has 0 unspecified atom stereocenters. The maximum absolute atomic E-state index is 5.27. The summed E-state index contributed by atoms with van der Waals surface area (Å²) in [5, 5.41) is 6.57. The molecule has 1 aliphatic rings. The van der Waals surface area contributed by atoms with Gasteiger partial charge in [-0.25, -0.2) is 10.8 Å². The lowest BCUT2D eigenvalue weighted by molar-refractivity contribution is 1.01. The molecule has 4 N–H and O–H groups in total. The number of nitrogens with zero attached hydrogens (tertiary/aromatic N) is 3. The number of nitrogens with two attached hydrogens (primary N) is 1.